The summed E-state index contributed by atoms with van der Waals surface area (Å²) in [6.07, 6.45) is 10.3. The van der Waals surface area contributed by atoms with Gasteiger partial charge in [-0.3, -0.25) is 0 Å². The summed E-state index contributed by atoms with van der Waals surface area (Å²) in [7, 11) is 0. The number of aldehydes is 1. The average molecular weight is 259 g/mol. The zero-order valence-electron chi connectivity index (χ0n) is 11.7. The van der Waals surface area contributed by atoms with Crippen LogP contribution in [-0.2, 0) is 10.3 Å². The largest absolute Gasteiger partial charge is 0.307 e. The van der Waals surface area contributed by atoms with E-state index in [2.05, 4.69) is 35.6 Å². The third-order valence-electron chi connectivity index (χ3n) is 4.25. The van der Waals surface area contributed by atoms with Crippen molar-refractivity contribution in [2.45, 2.75) is 56.9 Å². The van der Waals surface area contributed by atoms with Gasteiger partial charge in [0.05, 0.1) is 0 Å². The van der Waals surface area contributed by atoms with Crippen LogP contribution in [0.4, 0.5) is 0 Å². The number of hydrogen-bond donors (Lipinski definition) is 1. The molecule has 0 saturated heterocycles. The highest BCUT2D eigenvalue weighted by Crippen LogP contribution is 2.36. The van der Waals surface area contributed by atoms with E-state index in [0.29, 0.717) is 6.42 Å². The Morgan fingerprint density at radius 2 is 1.79 bits per heavy atom. The van der Waals surface area contributed by atoms with Crippen molar-refractivity contribution in [1.29, 1.82) is 0 Å². The number of benzene rings is 1. The van der Waals surface area contributed by atoms with Crippen LogP contribution in [-0.4, -0.2) is 12.8 Å². The SMILES string of the molecule is O=CCCCCNC1(c2ccccc2)CCCCC1. The summed E-state index contributed by atoms with van der Waals surface area (Å²) in [4.78, 5) is 10.3. The van der Waals surface area contributed by atoms with Crippen molar-refractivity contribution >= 4 is 6.29 Å². The van der Waals surface area contributed by atoms with Gasteiger partial charge < -0.3 is 10.1 Å². The minimum Gasteiger partial charge on any atom is -0.307 e. The predicted molar refractivity (Wildman–Crippen MR) is 79.1 cm³/mol. The van der Waals surface area contributed by atoms with E-state index in [9.17, 15) is 4.79 Å². The second-order valence-electron chi connectivity index (χ2n) is 5.60. The molecule has 0 atom stereocenters. The fraction of sp³-hybridized carbons (Fsp3) is 0.588. The molecule has 1 aliphatic rings. The van der Waals surface area contributed by atoms with Crippen molar-refractivity contribution < 1.29 is 4.79 Å². The van der Waals surface area contributed by atoms with Crippen molar-refractivity contribution in [3.05, 3.63) is 35.9 Å². The number of nitrogens with one attached hydrogen (secondary N) is 1. The molecule has 2 rings (SSSR count). The summed E-state index contributed by atoms with van der Waals surface area (Å²) in [6, 6.07) is 10.9. The Kier molecular flexibility index (Phi) is 5.59. The van der Waals surface area contributed by atoms with Crippen molar-refractivity contribution in [1.82, 2.24) is 5.32 Å². The van der Waals surface area contributed by atoms with Crippen LogP contribution in [0.1, 0.15) is 56.9 Å². The first-order chi connectivity index (χ1) is 9.37. The topological polar surface area (TPSA) is 29.1 Å². The second kappa shape index (κ2) is 7.44. The zero-order valence-corrected chi connectivity index (χ0v) is 11.7. The van der Waals surface area contributed by atoms with Crippen LogP contribution < -0.4 is 5.32 Å². The number of hydrogen-bond acceptors (Lipinski definition) is 2. The summed E-state index contributed by atoms with van der Waals surface area (Å²) in [5, 5.41) is 3.79. The molecule has 1 N–H and O–H groups in total. The monoisotopic (exact) mass is 259 g/mol. The molecule has 104 valence electrons. The molecule has 1 aromatic rings. The molecule has 2 heteroatoms. The van der Waals surface area contributed by atoms with E-state index in [1.165, 1.54) is 37.7 Å². The lowest BCUT2D eigenvalue weighted by Gasteiger charge is -2.39. The molecule has 0 heterocycles. The highest BCUT2D eigenvalue weighted by atomic mass is 16.1. The summed E-state index contributed by atoms with van der Waals surface area (Å²) < 4.78 is 0. The van der Waals surface area contributed by atoms with Crippen molar-refractivity contribution in [2.24, 2.45) is 0 Å². The molecule has 1 aromatic carbocycles. The molecule has 19 heavy (non-hydrogen) atoms. The van der Waals surface area contributed by atoms with Crippen LogP contribution in [0.2, 0.25) is 0 Å². The molecule has 1 fully saturated rings. The summed E-state index contributed by atoms with van der Waals surface area (Å²) in [5.74, 6) is 0. The van der Waals surface area contributed by atoms with Gasteiger partial charge in [0.1, 0.15) is 6.29 Å². The van der Waals surface area contributed by atoms with E-state index in [0.717, 1.165) is 25.7 Å². The summed E-state index contributed by atoms with van der Waals surface area (Å²) in [5.41, 5.74) is 1.62. The molecule has 1 aliphatic carbocycles. The van der Waals surface area contributed by atoms with Crippen molar-refractivity contribution in [3.8, 4) is 0 Å². The molecule has 0 bridgehead atoms. The third kappa shape index (κ3) is 3.90. The summed E-state index contributed by atoms with van der Waals surface area (Å²) in [6.45, 7) is 1.02. The van der Waals surface area contributed by atoms with E-state index in [-0.39, 0.29) is 5.54 Å². The first-order valence-corrected chi connectivity index (χ1v) is 7.62. The highest BCUT2D eigenvalue weighted by Gasteiger charge is 2.32. The standard InChI is InChI=1S/C17H25NO/c19-15-9-3-8-14-18-17(12-6-2-7-13-17)16-10-4-1-5-11-16/h1,4-5,10-11,15,18H,2-3,6-9,12-14H2. The Hall–Kier alpha value is -1.15. The predicted octanol–water partition coefficient (Wildman–Crippen LogP) is 3.80. The van der Waals surface area contributed by atoms with Crippen molar-refractivity contribution in [3.63, 3.8) is 0 Å². The normalized spacial score (nSPS) is 18.1. The van der Waals surface area contributed by atoms with Gasteiger partial charge in [0, 0.05) is 12.0 Å². The van der Waals surface area contributed by atoms with E-state index in [4.69, 9.17) is 0 Å². The molecule has 0 amide bonds. The number of carbonyl (C=O) groups is 1. The average Bonchev–Trinajstić information content (AvgIpc) is 2.49. The molecule has 0 radical (unpaired) electrons. The fourth-order valence-corrected chi connectivity index (χ4v) is 3.16. The Morgan fingerprint density at radius 3 is 2.47 bits per heavy atom. The van der Waals surface area contributed by atoms with E-state index in [1.807, 2.05) is 0 Å². The van der Waals surface area contributed by atoms with Gasteiger partial charge in [-0.15, -0.1) is 0 Å². The molecule has 0 aliphatic heterocycles. The number of carbonyl (C=O) groups excluding carboxylic acids is 1. The lowest BCUT2D eigenvalue weighted by atomic mass is 9.76. The van der Waals surface area contributed by atoms with E-state index in [1.54, 1.807) is 0 Å². The maximum absolute atomic E-state index is 10.3. The van der Waals surface area contributed by atoms with Crippen LogP contribution in [0.25, 0.3) is 0 Å². The molecule has 0 spiro atoms. The van der Waals surface area contributed by atoms with Gasteiger partial charge in [-0.2, -0.15) is 0 Å². The maximum atomic E-state index is 10.3. The van der Waals surface area contributed by atoms with Crippen LogP contribution in [0.3, 0.4) is 0 Å². The third-order valence-corrected chi connectivity index (χ3v) is 4.25. The Morgan fingerprint density at radius 1 is 1.05 bits per heavy atom. The molecule has 0 unspecified atom stereocenters. The minimum atomic E-state index is 0.181. The van der Waals surface area contributed by atoms with Gasteiger partial charge in [-0.1, -0.05) is 49.6 Å². The quantitative estimate of drug-likeness (QED) is 0.596. The van der Waals surface area contributed by atoms with Crippen LogP contribution in [0.15, 0.2) is 30.3 Å². The van der Waals surface area contributed by atoms with Crippen molar-refractivity contribution in [2.75, 3.05) is 6.54 Å². The molecule has 2 nitrogen and oxygen atoms in total. The number of rotatable bonds is 7. The van der Waals surface area contributed by atoms with E-state index >= 15 is 0 Å². The van der Waals surface area contributed by atoms with Crippen LogP contribution >= 0.6 is 0 Å². The van der Waals surface area contributed by atoms with Gasteiger partial charge in [0.25, 0.3) is 0 Å². The Balaban J connectivity index is 1.97. The molecular weight excluding hydrogens is 234 g/mol. The number of unbranched alkanes of at least 4 members (excludes halogenated alkanes) is 2. The zero-order chi connectivity index (χ0) is 13.4. The molecular formula is C17H25NO. The minimum absolute atomic E-state index is 0.181. The maximum Gasteiger partial charge on any atom is 0.119 e. The van der Waals surface area contributed by atoms with Gasteiger partial charge in [-0.25, -0.2) is 0 Å². The Bertz CT molecular complexity index is 368. The first kappa shape index (κ1) is 14.3. The lowest BCUT2D eigenvalue weighted by molar-refractivity contribution is -0.107. The lowest BCUT2D eigenvalue weighted by Crippen LogP contribution is -2.44. The van der Waals surface area contributed by atoms with Crippen LogP contribution in [0.5, 0.6) is 0 Å². The second-order valence-corrected chi connectivity index (χ2v) is 5.60. The molecule has 1 saturated carbocycles. The van der Waals surface area contributed by atoms with Gasteiger partial charge in [0.2, 0.25) is 0 Å². The Labute approximate surface area is 116 Å². The molecule has 0 aromatic heterocycles. The first-order valence-electron chi connectivity index (χ1n) is 7.62. The fourth-order valence-electron chi connectivity index (χ4n) is 3.16. The van der Waals surface area contributed by atoms with Gasteiger partial charge >= 0.3 is 0 Å². The van der Waals surface area contributed by atoms with Crippen LogP contribution in [0, 0.1) is 0 Å². The smallest absolute Gasteiger partial charge is 0.119 e. The van der Waals surface area contributed by atoms with Gasteiger partial charge in [-0.05, 0) is 37.8 Å². The summed E-state index contributed by atoms with van der Waals surface area (Å²) >= 11 is 0. The van der Waals surface area contributed by atoms with Gasteiger partial charge in [0.15, 0.2) is 0 Å². The highest BCUT2D eigenvalue weighted by molar-refractivity contribution is 5.48. The van der Waals surface area contributed by atoms with E-state index < -0.39 is 0 Å².